The van der Waals surface area contributed by atoms with Crippen LogP contribution in [-0.4, -0.2) is 21.7 Å². The van der Waals surface area contributed by atoms with Crippen LogP contribution in [0.15, 0.2) is 24.3 Å². The first-order valence-electron chi connectivity index (χ1n) is 7.51. The van der Waals surface area contributed by atoms with Gasteiger partial charge in [0.1, 0.15) is 6.61 Å². The monoisotopic (exact) mass is 273 g/mol. The molecule has 1 aliphatic carbocycles. The second kappa shape index (κ2) is 5.44. The highest BCUT2D eigenvalue weighted by Crippen LogP contribution is 2.26. The molecule has 108 valence electrons. The summed E-state index contributed by atoms with van der Waals surface area (Å²) in [5.41, 5.74) is 8.36. The third-order valence-corrected chi connectivity index (χ3v) is 4.33. The van der Waals surface area contributed by atoms with Crippen molar-refractivity contribution in [3.8, 4) is 6.01 Å². The standard InChI is InChI=1S/C16H23N3O/c1-19-14-9-5-4-8-13(14)18-15(19)20-12-16(17)10-6-2-3-7-11-16/h4-5,8-9H,2-3,6-7,10-12,17H2,1H3. The minimum absolute atomic E-state index is 0.186. The summed E-state index contributed by atoms with van der Waals surface area (Å²) in [5, 5.41) is 0. The van der Waals surface area contributed by atoms with Crippen LogP contribution in [0.25, 0.3) is 11.0 Å². The number of nitrogens with zero attached hydrogens (tertiary/aromatic N) is 2. The molecule has 1 aliphatic rings. The summed E-state index contributed by atoms with van der Waals surface area (Å²) in [7, 11) is 1.99. The number of ether oxygens (including phenoxy) is 1. The summed E-state index contributed by atoms with van der Waals surface area (Å²) in [5.74, 6) is 0. The van der Waals surface area contributed by atoms with Crippen molar-refractivity contribution in [3.05, 3.63) is 24.3 Å². The van der Waals surface area contributed by atoms with Crippen molar-refractivity contribution in [3.63, 3.8) is 0 Å². The Hall–Kier alpha value is -1.55. The Kier molecular flexibility index (Phi) is 3.66. The molecule has 0 saturated heterocycles. The normalized spacial score (nSPS) is 18.9. The van der Waals surface area contributed by atoms with E-state index in [0.29, 0.717) is 12.6 Å². The molecule has 0 radical (unpaired) electrons. The molecule has 0 unspecified atom stereocenters. The number of benzene rings is 1. The van der Waals surface area contributed by atoms with E-state index >= 15 is 0 Å². The van der Waals surface area contributed by atoms with Crippen molar-refractivity contribution in [2.45, 2.75) is 44.1 Å². The number of aryl methyl sites for hydroxylation is 1. The topological polar surface area (TPSA) is 53.1 Å². The van der Waals surface area contributed by atoms with Crippen LogP contribution in [0.3, 0.4) is 0 Å². The lowest BCUT2D eigenvalue weighted by molar-refractivity contribution is 0.183. The lowest BCUT2D eigenvalue weighted by Gasteiger charge is -2.27. The average molecular weight is 273 g/mol. The molecule has 2 N–H and O–H groups in total. The number of para-hydroxylation sites is 2. The Morgan fingerprint density at radius 3 is 2.60 bits per heavy atom. The van der Waals surface area contributed by atoms with E-state index in [0.717, 1.165) is 23.9 Å². The number of hydrogen-bond donors (Lipinski definition) is 1. The van der Waals surface area contributed by atoms with Crippen molar-refractivity contribution in [1.82, 2.24) is 9.55 Å². The summed E-state index contributed by atoms with van der Waals surface area (Å²) in [4.78, 5) is 4.54. The van der Waals surface area contributed by atoms with E-state index in [-0.39, 0.29) is 5.54 Å². The van der Waals surface area contributed by atoms with Gasteiger partial charge in [0, 0.05) is 7.05 Å². The van der Waals surface area contributed by atoms with E-state index in [1.807, 2.05) is 29.8 Å². The number of fused-ring (bicyclic) bond motifs is 1. The smallest absolute Gasteiger partial charge is 0.297 e. The predicted octanol–water partition coefficient (Wildman–Crippen LogP) is 3.00. The van der Waals surface area contributed by atoms with E-state index in [4.69, 9.17) is 10.5 Å². The summed E-state index contributed by atoms with van der Waals surface area (Å²) in [6.45, 7) is 0.560. The molecule has 1 fully saturated rings. The lowest BCUT2D eigenvalue weighted by atomic mass is 9.93. The molecule has 4 nitrogen and oxygen atoms in total. The fraction of sp³-hybridized carbons (Fsp3) is 0.562. The number of hydrogen-bond acceptors (Lipinski definition) is 3. The maximum Gasteiger partial charge on any atom is 0.297 e. The van der Waals surface area contributed by atoms with Gasteiger partial charge in [-0.05, 0) is 25.0 Å². The molecule has 1 saturated carbocycles. The highest BCUT2D eigenvalue weighted by Gasteiger charge is 2.27. The van der Waals surface area contributed by atoms with E-state index < -0.39 is 0 Å². The molecule has 0 bridgehead atoms. The van der Waals surface area contributed by atoms with Gasteiger partial charge in [-0.2, -0.15) is 4.98 Å². The molecule has 1 aromatic heterocycles. The molecule has 2 aromatic rings. The van der Waals surface area contributed by atoms with Gasteiger partial charge in [-0.15, -0.1) is 0 Å². The van der Waals surface area contributed by atoms with Crippen molar-refractivity contribution >= 4 is 11.0 Å². The molecular weight excluding hydrogens is 250 g/mol. The van der Waals surface area contributed by atoms with Gasteiger partial charge >= 0.3 is 0 Å². The summed E-state index contributed by atoms with van der Waals surface area (Å²) in [6.07, 6.45) is 7.12. The fourth-order valence-corrected chi connectivity index (χ4v) is 3.04. The maximum absolute atomic E-state index is 6.49. The number of rotatable bonds is 3. The maximum atomic E-state index is 6.49. The van der Waals surface area contributed by atoms with Gasteiger partial charge in [-0.3, -0.25) is 4.57 Å². The third kappa shape index (κ3) is 2.66. The van der Waals surface area contributed by atoms with E-state index in [2.05, 4.69) is 11.1 Å². The molecule has 20 heavy (non-hydrogen) atoms. The Morgan fingerprint density at radius 1 is 1.20 bits per heavy atom. The van der Waals surface area contributed by atoms with Crippen LogP contribution >= 0.6 is 0 Å². The van der Waals surface area contributed by atoms with Crippen LogP contribution < -0.4 is 10.5 Å². The van der Waals surface area contributed by atoms with Gasteiger partial charge in [-0.25, -0.2) is 0 Å². The first kappa shape index (κ1) is 13.4. The molecule has 0 atom stereocenters. The zero-order valence-electron chi connectivity index (χ0n) is 12.1. The first-order valence-corrected chi connectivity index (χ1v) is 7.51. The number of aromatic nitrogens is 2. The van der Waals surface area contributed by atoms with Gasteiger partial charge in [-0.1, -0.05) is 37.8 Å². The van der Waals surface area contributed by atoms with Crippen molar-refractivity contribution < 1.29 is 4.74 Å². The summed E-state index contributed by atoms with van der Waals surface area (Å²) < 4.78 is 7.94. The minimum Gasteiger partial charge on any atom is -0.463 e. The highest BCUT2D eigenvalue weighted by molar-refractivity contribution is 5.76. The van der Waals surface area contributed by atoms with Crippen molar-refractivity contribution in [1.29, 1.82) is 0 Å². The molecule has 1 heterocycles. The first-order chi connectivity index (χ1) is 9.68. The fourth-order valence-electron chi connectivity index (χ4n) is 3.04. The molecule has 3 rings (SSSR count). The van der Waals surface area contributed by atoms with Gasteiger partial charge in [0.25, 0.3) is 6.01 Å². The van der Waals surface area contributed by atoms with E-state index in [1.54, 1.807) is 0 Å². The Morgan fingerprint density at radius 2 is 1.90 bits per heavy atom. The van der Waals surface area contributed by atoms with E-state index in [9.17, 15) is 0 Å². The zero-order valence-corrected chi connectivity index (χ0v) is 12.1. The van der Waals surface area contributed by atoms with E-state index in [1.165, 1.54) is 25.7 Å². The Bertz CT molecular complexity index is 582. The van der Waals surface area contributed by atoms with Gasteiger partial charge < -0.3 is 10.5 Å². The van der Waals surface area contributed by atoms with Crippen LogP contribution in [-0.2, 0) is 7.05 Å². The Balaban J connectivity index is 1.74. The van der Waals surface area contributed by atoms with Gasteiger partial charge in [0.15, 0.2) is 0 Å². The second-order valence-electron chi connectivity index (χ2n) is 6.01. The third-order valence-electron chi connectivity index (χ3n) is 4.33. The Labute approximate surface area is 119 Å². The second-order valence-corrected chi connectivity index (χ2v) is 6.01. The molecule has 0 spiro atoms. The predicted molar refractivity (Wildman–Crippen MR) is 80.8 cm³/mol. The average Bonchev–Trinajstić information content (AvgIpc) is 2.63. The molecule has 0 aliphatic heterocycles. The SMILES string of the molecule is Cn1c(OCC2(N)CCCCCC2)nc2ccccc21. The minimum atomic E-state index is -0.186. The van der Waals surface area contributed by atoms with Crippen LogP contribution in [0.1, 0.15) is 38.5 Å². The highest BCUT2D eigenvalue weighted by atomic mass is 16.5. The summed E-state index contributed by atoms with van der Waals surface area (Å²) >= 11 is 0. The largest absolute Gasteiger partial charge is 0.463 e. The van der Waals surface area contributed by atoms with Gasteiger partial charge in [0.2, 0.25) is 0 Å². The molecule has 1 aromatic carbocycles. The molecular formula is C16H23N3O. The van der Waals surface area contributed by atoms with Crippen LogP contribution in [0.2, 0.25) is 0 Å². The molecule has 0 amide bonds. The van der Waals surface area contributed by atoms with Gasteiger partial charge in [0.05, 0.1) is 16.6 Å². The van der Waals surface area contributed by atoms with Crippen molar-refractivity contribution in [2.24, 2.45) is 12.8 Å². The molecule has 4 heteroatoms. The van der Waals surface area contributed by atoms with Crippen molar-refractivity contribution in [2.75, 3.05) is 6.61 Å². The van der Waals surface area contributed by atoms with Crippen LogP contribution in [0.5, 0.6) is 6.01 Å². The number of nitrogens with two attached hydrogens (primary N) is 1. The zero-order chi connectivity index (χ0) is 14.0. The summed E-state index contributed by atoms with van der Waals surface area (Å²) in [6, 6.07) is 8.74. The quantitative estimate of drug-likeness (QED) is 0.875. The number of imidazole rings is 1. The van der Waals surface area contributed by atoms with Crippen LogP contribution in [0, 0.1) is 0 Å². The van der Waals surface area contributed by atoms with Crippen LogP contribution in [0.4, 0.5) is 0 Å². The lowest BCUT2D eigenvalue weighted by Crippen LogP contribution is -2.45.